The largest absolute Gasteiger partial charge is 0.338 e. The Balaban J connectivity index is 1.79. The number of likely N-dealkylation sites (tertiary alicyclic amines) is 1. The predicted molar refractivity (Wildman–Crippen MR) is 103 cm³/mol. The van der Waals surface area contributed by atoms with Gasteiger partial charge in [0.2, 0.25) is 0 Å². The summed E-state index contributed by atoms with van der Waals surface area (Å²) < 4.78 is 1.09. The van der Waals surface area contributed by atoms with E-state index >= 15 is 0 Å². The number of halogens is 2. The van der Waals surface area contributed by atoms with Gasteiger partial charge < -0.3 is 4.90 Å². The van der Waals surface area contributed by atoms with Crippen LogP contribution in [-0.2, 0) is 0 Å². The van der Waals surface area contributed by atoms with Crippen LogP contribution in [0.25, 0.3) is 0 Å². The molecule has 0 N–H and O–H groups in total. The molecule has 0 spiro atoms. The molecule has 1 atom stereocenters. The second-order valence-corrected chi connectivity index (χ2v) is 7.69. The number of carbonyl (C=O) groups excluding carboxylic acids is 1. The summed E-state index contributed by atoms with van der Waals surface area (Å²) in [6.07, 6.45) is 3.35. The first-order valence-electron chi connectivity index (χ1n) is 7.94. The fraction of sp³-hybridized carbons (Fsp3) is 0.316. The summed E-state index contributed by atoms with van der Waals surface area (Å²) in [5, 5.41) is 0.758. The van der Waals surface area contributed by atoms with Gasteiger partial charge in [0, 0.05) is 33.2 Å². The fourth-order valence-electron chi connectivity index (χ4n) is 3.14. The number of hydrogen-bond donors (Lipinski definition) is 0. The molecule has 0 bridgehead atoms. The first kappa shape index (κ1) is 16.8. The first-order chi connectivity index (χ1) is 11.1. The van der Waals surface area contributed by atoms with Crippen LogP contribution in [0.15, 0.2) is 48.5 Å². The number of nitrogens with zero attached hydrogens (tertiary/aromatic N) is 1. The van der Waals surface area contributed by atoms with Crippen molar-refractivity contribution in [1.29, 1.82) is 0 Å². The van der Waals surface area contributed by atoms with Gasteiger partial charge in [0.1, 0.15) is 0 Å². The lowest BCUT2D eigenvalue weighted by Crippen LogP contribution is -2.34. The average Bonchev–Trinajstić information content (AvgIpc) is 2.81. The lowest BCUT2D eigenvalue weighted by Gasteiger charge is -2.25. The van der Waals surface area contributed by atoms with E-state index in [2.05, 4.69) is 34.7 Å². The summed E-state index contributed by atoms with van der Waals surface area (Å²) >= 11 is 8.24. The first-order valence-corrected chi connectivity index (χ1v) is 9.39. The molecule has 2 aromatic rings. The molecule has 1 aliphatic rings. The zero-order valence-electron chi connectivity index (χ0n) is 12.8. The number of benzene rings is 2. The van der Waals surface area contributed by atoms with E-state index in [4.69, 9.17) is 11.6 Å². The normalized spacial score (nSPS) is 18.5. The Kier molecular flexibility index (Phi) is 5.59. The van der Waals surface area contributed by atoms with Gasteiger partial charge in [-0.25, -0.2) is 0 Å². The Morgan fingerprint density at radius 3 is 2.65 bits per heavy atom. The summed E-state index contributed by atoms with van der Waals surface area (Å²) in [6.45, 7) is 1.63. The summed E-state index contributed by atoms with van der Waals surface area (Å²) in [5.74, 6) is 0.533. The molecule has 1 saturated heterocycles. The smallest absolute Gasteiger partial charge is 0.253 e. The summed E-state index contributed by atoms with van der Waals surface area (Å²) in [6, 6.07) is 15.9. The third-order valence-electron chi connectivity index (χ3n) is 4.37. The molecule has 0 aromatic heterocycles. The van der Waals surface area contributed by atoms with Crippen LogP contribution in [0.2, 0.25) is 5.02 Å². The van der Waals surface area contributed by atoms with Crippen LogP contribution in [0.1, 0.15) is 41.1 Å². The van der Waals surface area contributed by atoms with Gasteiger partial charge in [-0.3, -0.25) is 4.79 Å². The minimum Gasteiger partial charge on any atom is -0.338 e. The van der Waals surface area contributed by atoms with Crippen LogP contribution in [0, 0.1) is 3.57 Å². The SMILES string of the molecule is O=C(c1cccc(I)c1)N1CCCCC(c2ccc(Cl)cc2)C1. The Labute approximate surface area is 156 Å². The van der Waals surface area contributed by atoms with Gasteiger partial charge in [0.25, 0.3) is 5.91 Å². The van der Waals surface area contributed by atoms with Crippen LogP contribution in [0.4, 0.5) is 0 Å². The van der Waals surface area contributed by atoms with Crippen molar-refractivity contribution in [3.8, 4) is 0 Å². The van der Waals surface area contributed by atoms with Crippen LogP contribution in [0.5, 0.6) is 0 Å². The number of hydrogen-bond acceptors (Lipinski definition) is 1. The van der Waals surface area contributed by atoms with Gasteiger partial charge in [0.15, 0.2) is 0 Å². The topological polar surface area (TPSA) is 20.3 Å². The molecule has 0 aliphatic carbocycles. The van der Waals surface area contributed by atoms with Crippen molar-refractivity contribution in [3.05, 3.63) is 68.3 Å². The Hall–Kier alpha value is -1.07. The zero-order chi connectivity index (χ0) is 16.2. The molecule has 2 nitrogen and oxygen atoms in total. The van der Waals surface area contributed by atoms with Crippen LogP contribution >= 0.6 is 34.2 Å². The molecule has 4 heteroatoms. The third-order valence-corrected chi connectivity index (χ3v) is 5.29. The minimum absolute atomic E-state index is 0.143. The molecule has 0 radical (unpaired) electrons. The van der Waals surface area contributed by atoms with E-state index in [0.29, 0.717) is 5.92 Å². The van der Waals surface area contributed by atoms with Crippen molar-refractivity contribution in [3.63, 3.8) is 0 Å². The van der Waals surface area contributed by atoms with Crippen molar-refractivity contribution in [2.24, 2.45) is 0 Å². The van der Waals surface area contributed by atoms with Crippen molar-refractivity contribution >= 4 is 40.1 Å². The molecule has 1 fully saturated rings. The molecular weight excluding hydrogens is 421 g/mol. The van der Waals surface area contributed by atoms with Crippen molar-refractivity contribution < 1.29 is 4.79 Å². The average molecular weight is 440 g/mol. The maximum Gasteiger partial charge on any atom is 0.253 e. The highest BCUT2D eigenvalue weighted by molar-refractivity contribution is 14.1. The van der Waals surface area contributed by atoms with Gasteiger partial charge in [-0.05, 0) is 71.3 Å². The highest BCUT2D eigenvalue weighted by atomic mass is 127. The molecule has 1 amide bonds. The molecule has 0 saturated carbocycles. The Bertz CT molecular complexity index is 686. The van der Waals surface area contributed by atoms with Crippen LogP contribution < -0.4 is 0 Å². The lowest BCUT2D eigenvalue weighted by molar-refractivity contribution is 0.0754. The van der Waals surface area contributed by atoms with Gasteiger partial charge in [-0.2, -0.15) is 0 Å². The molecule has 120 valence electrons. The zero-order valence-corrected chi connectivity index (χ0v) is 15.8. The van der Waals surface area contributed by atoms with Crippen molar-refractivity contribution in [2.75, 3.05) is 13.1 Å². The summed E-state index contributed by atoms with van der Waals surface area (Å²) in [7, 11) is 0. The maximum atomic E-state index is 12.8. The van der Waals surface area contributed by atoms with E-state index in [0.717, 1.165) is 46.5 Å². The number of carbonyl (C=O) groups is 1. The molecule has 1 heterocycles. The third kappa shape index (κ3) is 4.27. The van der Waals surface area contributed by atoms with E-state index in [1.807, 2.05) is 41.3 Å². The van der Waals surface area contributed by atoms with Gasteiger partial charge in [-0.15, -0.1) is 0 Å². The quantitative estimate of drug-likeness (QED) is 0.577. The molecule has 1 unspecified atom stereocenters. The maximum absolute atomic E-state index is 12.8. The number of rotatable bonds is 2. The summed E-state index contributed by atoms with van der Waals surface area (Å²) in [4.78, 5) is 14.8. The van der Waals surface area contributed by atoms with Gasteiger partial charge >= 0.3 is 0 Å². The summed E-state index contributed by atoms with van der Waals surface area (Å²) in [5.41, 5.74) is 2.06. The molecule has 23 heavy (non-hydrogen) atoms. The van der Waals surface area contributed by atoms with Gasteiger partial charge in [-0.1, -0.05) is 36.2 Å². The second-order valence-electron chi connectivity index (χ2n) is 6.01. The standard InChI is InChI=1S/C19H19ClINO/c20-17-9-7-14(8-10-17)16-4-1-2-11-22(13-16)19(23)15-5-3-6-18(21)12-15/h3,5-10,12,16H,1-2,4,11,13H2. The lowest BCUT2D eigenvalue weighted by atomic mass is 9.94. The Morgan fingerprint density at radius 2 is 1.91 bits per heavy atom. The van der Waals surface area contributed by atoms with E-state index in [-0.39, 0.29) is 5.91 Å². The fourth-order valence-corrected chi connectivity index (χ4v) is 3.81. The van der Waals surface area contributed by atoms with Crippen molar-refractivity contribution in [2.45, 2.75) is 25.2 Å². The van der Waals surface area contributed by atoms with E-state index in [1.165, 1.54) is 5.56 Å². The molecule has 2 aromatic carbocycles. The van der Waals surface area contributed by atoms with Crippen LogP contribution in [0.3, 0.4) is 0 Å². The van der Waals surface area contributed by atoms with E-state index in [9.17, 15) is 4.79 Å². The monoisotopic (exact) mass is 439 g/mol. The van der Waals surface area contributed by atoms with E-state index < -0.39 is 0 Å². The van der Waals surface area contributed by atoms with Crippen molar-refractivity contribution in [1.82, 2.24) is 4.90 Å². The Morgan fingerprint density at radius 1 is 1.13 bits per heavy atom. The highest BCUT2D eigenvalue weighted by Crippen LogP contribution is 2.28. The molecule has 1 aliphatic heterocycles. The number of amides is 1. The highest BCUT2D eigenvalue weighted by Gasteiger charge is 2.24. The molecular formula is C19H19ClINO. The van der Waals surface area contributed by atoms with Gasteiger partial charge in [0.05, 0.1) is 0 Å². The van der Waals surface area contributed by atoms with Crippen LogP contribution in [-0.4, -0.2) is 23.9 Å². The molecule has 3 rings (SSSR count). The van der Waals surface area contributed by atoms with E-state index in [1.54, 1.807) is 0 Å². The minimum atomic E-state index is 0.143. The second kappa shape index (κ2) is 7.67. The predicted octanol–water partition coefficient (Wildman–Crippen LogP) is 5.35.